The van der Waals surface area contributed by atoms with Crippen LogP contribution in [0, 0.1) is 0 Å². The molecule has 1 saturated heterocycles. The molecule has 4 rings (SSSR count). The Balaban J connectivity index is 1.35. The summed E-state index contributed by atoms with van der Waals surface area (Å²) in [5.74, 6) is -1.32. The lowest BCUT2D eigenvalue weighted by Crippen LogP contribution is -2.27. The van der Waals surface area contributed by atoms with Crippen LogP contribution in [-0.2, 0) is 16.1 Å². The first-order valence-corrected chi connectivity index (χ1v) is 9.63. The average Bonchev–Trinajstić information content (AvgIpc) is 3.46. The lowest BCUT2D eigenvalue weighted by atomic mass is 10.2. The molecule has 1 aliphatic heterocycles. The number of H-pyrrole nitrogens is 1. The zero-order valence-corrected chi connectivity index (χ0v) is 16.2. The van der Waals surface area contributed by atoms with Gasteiger partial charge in [0.15, 0.2) is 6.61 Å². The largest absolute Gasteiger partial charge is 0.456 e. The van der Waals surface area contributed by atoms with Crippen molar-refractivity contribution in [1.29, 1.82) is 0 Å². The first-order valence-electron chi connectivity index (χ1n) is 9.63. The predicted molar refractivity (Wildman–Crippen MR) is 107 cm³/mol. The number of amides is 1. The van der Waals surface area contributed by atoms with E-state index in [9.17, 15) is 19.2 Å². The number of nitrogens with zero attached hydrogens (tertiary/aromatic N) is 3. The van der Waals surface area contributed by atoms with Crippen molar-refractivity contribution in [3.63, 3.8) is 0 Å². The Morgan fingerprint density at radius 3 is 2.70 bits per heavy atom. The molecule has 9 nitrogen and oxygen atoms in total. The number of Topliss-reactive ketones (excluding diaryl/α,β-unsaturated/α-hetero) is 1. The molecular formula is C21H20N4O5. The average molecular weight is 408 g/mol. The number of rotatable bonds is 6. The van der Waals surface area contributed by atoms with E-state index in [0.29, 0.717) is 29.7 Å². The maximum atomic E-state index is 12.4. The van der Waals surface area contributed by atoms with E-state index in [1.165, 1.54) is 18.6 Å². The molecule has 0 radical (unpaired) electrons. The zero-order valence-electron chi connectivity index (χ0n) is 16.2. The lowest BCUT2D eigenvalue weighted by Gasteiger charge is -2.13. The molecule has 1 aromatic carbocycles. The second-order valence-corrected chi connectivity index (χ2v) is 7.08. The summed E-state index contributed by atoms with van der Waals surface area (Å²) in [5, 5.41) is 0.395. The quantitative estimate of drug-likeness (QED) is 0.487. The number of nitrogens with one attached hydrogen (secondary N) is 1. The van der Waals surface area contributed by atoms with Gasteiger partial charge < -0.3 is 14.6 Å². The number of benzene rings is 1. The standard InChI is InChI=1S/C21H20N4O5/c26-18(14-9-17(22-10-14)21(29)24-7-3-4-8-24)12-30-19(27)11-25-13-23-16-6-2-1-5-15(16)20(25)28/h1-2,5-6,9-10,13,22H,3-4,7-8,11-12H2. The fraction of sp³-hybridized carbons (Fsp3) is 0.286. The topological polar surface area (TPSA) is 114 Å². The summed E-state index contributed by atoms with van der Waals surface area (Å²) in [6.45, 7) is 0.586. The normalized spacial score (nSPS) is 13.5. The van der Waals surface area contributed by atoms with Crippen LogP contribution in [0.25, 0.3) is 10.9 Å². The molecule has 3 aromatic rings. The van der Waals surface area contributed by atoms with Crippen molar-refractivity contribution in [3.05, 3.63) is 64.5 Å². The third-order valence-corrected chi connectivity index (χ3v) is 5.02. The number of likely N-dealkylation sites (tertiary alicyclic amines) is 1. The summed E-state index contributed by atoms with van der Waals surface area (Å²) < 4.78 is 6.15. The Morgan fingerprint density at radius 2 is 1.90 bits per heavy atom. The van der Waals surface area contributed by atoms with E-state index >= 15 is 0 Å². The van der Waals surface area contributed by atoms with Gasteiger partial charge in [-0.3, -0.25) is 23.7 Å². The fourth-order valence-corrected chi connectivity index (χ4v) is 3.40. The van der Waals surface area contributed by atoms with Crippen LogP contribution < -0.4 is 5.56 Å². The van der Waals surface area contributed by atoms with Gasteiger partial charge in [0.2, 0.25) is 5.78 Å². The van der Waals surface area contributed by atoms with Crippen LogP contribution in [-0.4, -0.2) is 56.8 Å². The van der Waals surface area contributed by atoms with Crippen LogP contribution in [0.1, 0.15) is 33.7 Å². The third-order valence-electron chi connectivity index (χ3n) is 5.02. The smallest absolute Gasteiger partial charge is 0.326 e. The van der Waals surface area contributed by atoms with Crippen LogP contribution in [0.4, 0.5) is 0 Å². The lowest BCUT2D eigenvalue weighted by molar-refractivity contribution is -0.143. The van der Waals surface area contributed by atoms with Crippen molar-refractivity contribution in [2.24, 2.45) is 0 Å². The maximum Gasteiger partial charge on any atom is 0.326 e. The van der Waals surface area contributed by atoms with Crippen LogP contribution in [0.5, 0.6) is 0 Å². The van der Waals surface area contributed by atoms with Gasteiger partial charge in [-0.2, -0.15) is 0 Å². The van der Waals surface area contributed by atoms with Crippen molar-refractivity contribution in [2.45, 2.75) is 19.4 Å². The Bertz CT molecular complexity index is 1170. The molecule has 154 valence electrons. The molecule has 0 saturated carbocycles. The molecule has 0 aliphatic carbocycles. The van der Waals surface area contributed by atoms with Crippen molar-refractivity contribution in [2.75, 3.05) is 19.7 Å². The molecule has 2 aromatic heterocycles. The van der Waals surface area contributed by atoms with Gasteiger partial charge in [0, 0.05) is 24.8 Å². The first kappa shape index (κ1) is 19.6. The number of ether oxygens (including phenoxy) is 1. The number of carbonyl (C=O) groups is 3. The summed E-state index contributed by atoms with van der Waals surface area (Å²) in [6, 6.07) is 8.28. The van der Waals surface area contributed by atoms with Gasteiger partial charge in [0.05, 0.1) is 17.2 Å². The van der Waals surface area contributed by atoms with Crippen LogP contribution >= 0.6 is 0 Å². The third kappa shape index (κ3) is 4.00. The molecule has 30 heavy (non-hydrogen) atoms. The summed E-state index contributed by atoms with van der Waals surface area (Å²) in [4.78, 5) is 57.8. The molecule has 9 heteroatoms. The molecule has 0 bridgehead atoms. The number of fused-ring (bicyclic) bond motifs is 1. The van der Waals surface area contributed by atoms with Crippen molar-refractivity contribution < 1.29 is 19.1 Å². The molecule has 0 spiro atoms. The van der Waals surface area contributed by atoms with E-state index in [2.05, 4.69) is 9.97 Å². The monoisotopic (exact) mass is 408 g/mol. The fourth-order valence-electron chi connectivity index (χ4n) is 3.40. The molecule has 0 unspecified atom stereocenters. The van der Waals surface area contributed by atoms with Crippen LogP contribution in [0.15, 0.2) is 47.7 Å². The second kappa shape index (κ2) is 8.32. The molecule has 1 fully saturated rings. The minimum absolute atomic E-state index is 0.147. The number of hydrogen-bond acceptors (Lipinski definition) is 6. The van der Waals surface area contributed by atoms with E-state index in [0.717, 1.165) is 17.4 Å². The van der Waals surface area contributed by atoms with Gasteiger partial charge in [0.1, 0.15) is 12.2 Å². The van der Waals surface area contributed by atoms with E-state index in [1.807, 2.05) is 0 Å². The zero-order chi connectivity index (χ0) is 21.1. The van der Waals surface area contributed by atoms with E-state index in [4.69, 9.17) is 4.74 Å². The van der Waals surface area contributed by atoms with Crippen LogP contribution in [0.2, 0.25) is 0 Å². The number of esters is 1. The van der Waals surface area contributed by atoms with Crippen molar-refractivity contribution >= 4 is 28.6 Å². The summed E-state index contributed by atoms with van der Waals surface area (Å²) >= 11 is 0. The van der Waals surface area contributed by atoms with Crippen molar-refractivity contribution in [1.82, 2.24) is 19.4 Å². The van der Waals surface area contributed by atoms with Gasteiger partial charge in [-0.25, -0.2) is 4.98 Å². The van der Waals surface area contributed by atoms with Gasteiger partial charge in [-0.15, -0.1) is 0 Å². The van der Waals surface area contributed by atoms with Gasteiger partial charge >= 0.3 is 5.97 Å². The number of carbonyl (C=O) groups excluding carboxylic acids is 3. The van der Waals surface area contributed by atoms with E-state index < -0.39 is 18.4 Å². The Morgan fingerprint density at radius 1 is 1.13 bits per heavy atom. The number of hydrogen-bond donors (Lipinski definition) is 1. The Labute approximate surface area is 171 Å². The predicted octanol–water partition coefficient (Wildman–Crippen LogP) is 1.39. The van der Waals surface area contributed by atoms with Gasteiger partial charge in [-0.1, -0.05) is 12.1 Å². The highest BCUT2D eigenvalue weighted by Gasteiger charge is 2.22. The highest BCUT2D eigenvalue weighted by Crippen LogP contribution is 2.13. The summed E-state index contributed by atoms with van der Waals surface area (Å²) in [6.07, 6.45) is 4.65. The van der Waals surface area contributed by atoms with Crippen LogP contribution in [0.3, 0.4) is 0 Å². The molecule has 3 heterocycles. The number of aromatic nitrogens is 3. The minimum Gasteiger partial charge on any atom is -0.456 e. The maximum absolute atomic E-state index is 12.4. The van der Waals surface area contributed by atoms with E-state index in [-0.39, 0.29) is 23.6 Å². The second-order valence-electron chi connectivity index (χ2n) is 7.08. The first-order chi connectivity index (χ1) is 14.5. The minimum atomic E-state index is -0.730. The summed E-state index contributed by atoms with van der Waals surface area (Å²) in [7, 11) is 0. The summed E-state index contributed by atoms with van der Waals surface area (Å²) in [5.41, 5.74) is 0.767. The SMILES string of the molecule is O=C(Cn1cnc2ccccc2c1=O)OCC(=O)c1c[nH]c(C(=O)N2CCCC2)c1. The van der Waals surface area contributed by atoms with Gasteiger partial charge in [0.25, 0.3) is 11.5 Å². The van der Waals surface area contributed by atoms with Crippen molar-refractivity contribution in [3.8, 4) is 0 Å². The van der Waals surface area contributed by atoms with E-state index in [1.54, 1.807) is 29.2 Å². The van der Waals surface area contributed by atoms with Gasteiger partial charge in [-0.05, 0) is 31.0 Å². The molecule has 1 N–H and O–H groups in total. The number of aromatic amines is 1. The highest BCUT2D eigenvalue weighted by molar-refractivity contribution is 6.01. The number of ketones is 1. The molecular weight excluding hydrogens is 388 g/mol. The highest BCUT2D eigenvalue weighted by atomic mass is 16.5. The number of para-hydroxylation sites is 1. The molecule has 1 amide bonds. The molecule has 1 aliphatic rings. The Hall–Kier alpha value is -3.75. The Kier molecular flexibility index (Phi) is 5.42. The molecule has 0 atom stereocenters.